The molecule has 0 aliphatic carbocycles. The predicted molar refractivity (Wildman–Crippen MR) is 92.4 cm³/mol. The third kappa shape index (κ3) is 2.86. The Hall–Kier alpha value is -1.41. The zero-order chi connectivity index (χ0) is 15.9. The van der Waals surface area contributed by atoms with Crippen molar-refractivity contribution in [1.82, 2.24) is 9.88 Å². The van der Waals surface area contributed by atoms with Gasteiger partial charge in [0.2, 0.25) is 5.89 Å². The summed E-state index contributed by atoms with van der Waals surface area (Å²) in [4.78, 5) is 19.8. The highest BCUT2D eigenvalue weighted by Crippen LogP contribution is 2.44. The average Bonchev–Trinajstić information content (AvgIpc) is 3.25. The summed E-state index contributed by atoms with van der Waals surface area (Å²) in [5, 5.41) is 2.14. The summed E-state index contributed by atoms with van der Waals surface area (Å²) < 4.78 is 11.3. The summed E-state index contributed by atoms with van der Waals surface area (Å²) in [5.41, 5.74) is 7.01. The fourth-order valence-electron chi connectivity index (χ4n) is 3.46. The first-order valence-electron chi connectivity index (χ1n) is 7.86. The van der Waals surface area contributed by atoms with E-state index in [2.05, 4.69) is 16.4 Å². The number of hydrogen-bond donors (Lipinski definition) is 1. The maximum absolute atomic E-state index is 12.5. The Kier molecular flexibility index (Phi) is 4.96. The van der Waals surface area contributed by atoms with Crippen molar-refractivity contribution >= 4 is 29.7 Å². The Morgan fingerprint density at radius 1 is 1.42 bits per heavy atom. The summed E-state index contributed by atoms with van der Waals surface area (Å²) in [7, 11) is 0. The maximum atomic E-state index is 12.5. The number of nitrogens with two attached hydrogens (primary N) is 1. The fourth-order valence-corrected chi connectivity index (χ4v) is 4.63. The Morgan fingerprint density at radius 3 is 2.92 bits per heavy atom. The Labute approximate surface area is 150 Å². The van der Waals surface area contributed by atoms with Crippen molar-refractivity contribution in [3.05, 3.63) is 39.7 Å². The van der Waals surface area contributed by atoms with E-state index in [9.17, 15) is 4.79 Å². The van der Waals surface area contributed by atoms with Gasteiger partial charge in [-0.2, -0.15) is 0 Å². The van der Waals surface area contributed by atoms with E-state index >= 15 is 0 Å². The molecule has 0 bridgehead atoms. The van der Waals surface area contributed by atoms with Crippen LogP contribution < -0.4 is 5.73 Å². The number of thiophene rings is 1. The van der Waals surface area contributed by atoms with Gasteiger partial charge in [0, 0.05) is 18.0 Å². The number of likely N-dealkylation sites (tertiary alicyclic amines) is 1. The number of hydrogen-bond acceptors (Lipinski definition) is 6. The van der Waals surface area contributed by atoms with Crippen LogP contribution in [0.4, 0.5) is 0 Å². The molecule has 4 heterocycles. The van der Waals surface area contributed by atoms with Crippen molar-refractivity contribution in [3.63, 3.8) is 0 Å². The first-order valence-corrected chi connectivity index (χ1v) is 8.74. The molecular weight excluding hydrogens is 350 g/mol. The van der Waals surface area contributed by atoms with Crippen molar-refractivity contribution in [1.29, 1.82) is 0 Å². The second kappa shape index (κ2) is 6.84. The van der Waals surface area contributed by atoms with Crippen LogP contribution in [0.1, 0.15) is 39.7 Å². The molecule has 0 atom stereocenters. The first-order chi connectivity index (χ1) is 11.2. The van der Waals surface area contributed by atoms with Crippen molar-refractivity contribution in [2.24, 2.45) is 5.73 Å². The molecule has 1 saturated heterocycles. The lowest BCUT2D eigenvalue weighted by Gasteiger charge is -2.43. The molecule has 2 aliphatic heterocycles. The number of carbonyl (C=O) groups is 1. The average molecular weight is 370 g/mol. The fraction of sp³-hybridized carbons (Fsp3) is 0.500. The van der Waals surface area contributed by atoms with Crippen LogP contribution in [0.5, 0.6) is 0 Å². The highest BCUT2D eigenvalue weighted by molar-refractivity contribution is 7.10. The molecule has 0 saturated carbocycles. The molecule has 0 aromatic carbocycles. The molecular formula is C16H20ClN3O3S. The van der Waals surface area contributed by atoms with Crippen molar-refractivity contribution in [2.45, 2.75) is 31.4 Å². The van der Waals surface area contributed by atoms with E-state index in [0.717, 1.165) is 25.9 Å². The molecule has 4 rings (SSSR count). The molecule has 2 N–H and O–H groups in total. The lowest BCUT2D eigenvalue weighted by atomic mass is 9.85. The van der Waals surface area contributed by atoms with Crippen LogP contribution in [0.3, 0.4) is 0 Å². The molecule has 2 aromatic rings. The zero-order valence-electron chi connectivity index (χ0n) is 13.2. The molecule has 24 heavy (non-hydrogen) atoms. The normalized spacial score (nSPS) is 19.0. The second-order valence-electron chi connectivity index (χ2n) is 5.99. The third-order valence-electron chi connectivity index (χ3n) is 4.71. The summed E-state index contributed by atoms with van der Waals surface area (Å²) in [6.45, 7) is 2.30. The highest BCUT2D eigenvalue weighted by Gasteiger charge is 2.42. The quantitative estimate of drug-likeness (QED) is 0.878. The largest absolute Gasteiger partial charge is 0.447 e. The van der Waals surface area contributed by atoms with Crippen LogP contribution in [0.2, 0.25) is 0 Å². The maximum Gasteiger partial charge on any atom is 0.275 e. The van der Waals surface area contributed by atoms with Gasteiger partial charge in [-0.1, -0.05) is 0 Å². The van der Waals surface area contributed by atoms with E-state index in [4.69, 9.17) is 14.9 Å². The van der Waals surface area contributed by atoms with Gasteiger partial charge in [0.1, 0.15) is 11.9 Å². The Bertz CT molecular complexity index is 722. The molecule has 0 radical (unpaired) electrons. The van der Waals surface area contributed by atoms with Crippen LogP contribution in [-0.2, 0) is 23.3 Å². The number of ether oxygens (including phenoxy) is 1. The SMILES string of the molecule is Cl.NCc1nc(C(=O)N2CCC3(CC2)OCCc2ccsc23)co1. The van der Waals surface area contributed by atoms with Gasteiger partial charge in [-0.25, -0.2) is 4.98 Å². The van der Waals surface area contributed by atoms with Gasteiger partial charge in [-0.3, -0.25) is 4.79 Å². The van der Waals surface area contributed by atoms with E-state index in [0.29, 0.717) is 24.7 Å². The number of piperidine rings is 1. The van der Waals surface area contributed by atoms with Gasteiger partial charge in [-0.05, 0) is 36.3 Å². The van der Waals surface area contributed by atoms with E-state index in [1.165, 1.54) is 16.7 Å². The number of carbonyl (C=O) groups excluding carboxylic acids is 1. The van der Waals surface area contributed by atoms with E-state index in [-0.39, 0.29) is 30.5 Å². The predicted octanol–water partition coefficient (Wildman–Crippen LogP) is 2.32. The molecule has 6 nitrogen and oxygen atoms in total. The van der Waals surface area contributed by atoms with Gasteiger partial charge in [0.25, 0.3) is 5.91 Å². The van der Waals surface area contributed by atoms with Crippen LogP contribution in [0.25, 0.3) is 0 Å². The zero-order valence-corrected chi connectivity index (χ0v) is 14.8. The number of aromatic nitrogens is 1. The minimum absolute atomic E-state index is 0. The van der Waals surface area contributed by atoms with Crippen molar-refractivity contribution < 1.29 is 13.9 Å². The molecule has 1 amide bonds. The molecule has 2 aliphatic rings. The van der Waals surface area contributed by atoms with Crippen molar-refractivity contribution in [3.8, 4) is 0 Å². The van der Waals surface area contributed by atoms with Crippen LogP contribution in [0.15, 0.2) is 22.1 Å². The molecule has 130 valence electrons. The van der Waals surface area contributed by atoms with Gasteiger partial charge in [-0.15, -0.1) is 23.7 Å². The number of halogens is 1. The van der Waals surface area contributed by atoms with Gasteiger partial charge in [0.15, 0.2) is 5.69 Å². The summed E-state index contributed by atoms with van der Waals surface area (Å²) in [6, 6.07) is 2.20. The minimum Gasteiger partial charge on any atom is -0.447 e. The van der Waals surface area contributed by atoms with E-state index in [1.807, 2.05) is 4.90 Å². The standard InChI is InChI=1S/C16H19N3O3S.ClH/c17-9-13-18-12(10-21-13)15(20)19-5-3-16(4-6-19)14-11(1-7-22-16)2-8-23-14;/h2,8,10H,1,3-7,9,17H2;1H. The molecule has 2 aromatic heterocycles. The van der Waals surface area contributed by atoms with Crippen LogP contribution in [0, 0.1) is 0 Å². The van der Waals surface area contributed by atoms with E-state index in [1.54, 1.807) is 11.3 Å². The lowest BCUT2D eigenvalue weighted by molar-refractivity contribution is -0.0906. The second-order valence-corrected chi connectivity index (χ2v) is 6.91. The van der Waals surface area contributed by atoms with Crippen molar-refractivity contribution in [2.75, 3.05) is 19.7 Å². The number of fused-ring (bicyclic) bond motifs is 2. The van der Waals surface area contributed by atoms with Gasteiger partial charge < -0.3 is 19.8 Å². The van der Waals surface area contributed by atoms with Gasteiger partial charge in [0.05, 0.1) is 13.2 Å². The van der Waals surface area contributed by atoms with Crippen LogP contribution in [-0.4, -0.2) is 35.5 Å². The first kappa shape index (κ1) is 17.4. The number of nitrogens with zero attached hydrogens (tertiary/aromatic N) is 2. The summed E-state index contributed by atoms with van der Waals surface area (Å²) in [6.07, 6.45) is 4.04. The summed E-state index contributed by atoms with van der Waals surface area (Å²) in [5.74, 6) is 0.297. The molecule has 0 unspecified atom stereocenters. The number of rotatable bonds is 2. The molecule has 1 spiro atoms. The Balaban J connectivity index is 0.00000169. The highest BCUT2D eigenvalue weighted by atomic mass is 35.5. The van der Waals surface area contributed by atoms with E-state index < -0.39 is 0 Å². The molecule has 8 heteroatoms. The number of oxazole rings is 1. The lowest BCUT2D eigenvalue weighted by Crippen LogP contribution is -2.48. The monoisotopic (exact) mass is 369 g/mol. The molecule has 1 fully saturated rings. The minimum atomic E-state index is -0.204. The topological polar surface area (TPSA) is 81.6 Å². The Morgan fingerprint density at radius 2 is 2.21 bits per heavy atom. The summed E-state index contributed by atoms with van der Waals surface area (Å²) >= 11 is 1.77. The van der Waals surface area contributed by atoms with Crippen LogP contribution >= 0.6 is 23.7 Å². The number of amides is 1. The van der Waals surface area contributed by atoms with Gasteiger partial charge >= 0.3 is 0 Å². The smallest absolute Gasteiger partial charge is 0.275 e. The third-order valence-corrected chi connectivity index (χ3v) is 5.86.